The van der Waals surface area contributed by atoms with Gasteiger partial charge in [-0.2, -0.15) is 0 Å². The van der Waals surface area contributed by atoms with Crippen molar-refractivity contribution in [3.05, 3.63) is 59.7 Å². The normalized spacial score (nSPS) is 13.7. The number of nitrogens with one attached hydrogen (secondary N) is 2. The molecule has 2 N–H and O–H groups in total. The van der Waals surface area contributed by atoms with E-state index in [1.54, 1.807) is 19.1 Å². The molecule has 0 aliphatic carbocycles. The van der Waals surface area contributed by atoms with Crippen LogP contribution in [-0.4, -0.2) is 33.3 Å². The minimum Gasteiger partial charge on any atom is -0.338 e. The van der Waals surface area contributed by atoms with Crippen LogP contribution in [0, 0.1) is 0 Å². The Balaban J connectivity index is 1.61. The van der Waals surface area contributed by atoms with Gasteiger partial charge in [-0.15, -0.1) is 0 Å². The van der Waals surface area contributed by atoms with E-state index < -0.39 is 10.0 Å². The van der Waals surface area contributed by atoms with Gasteiger partial charge in [-0.05, 0) is 55.5 Å². The maximum Gasteiger partial charge on any atom is 0.319 e. The Morgan fingerprint density at radius 3 is 2.67 bits per heavy atom. The van der Waals surface area contributed by atoms with Gasteiger partial charge in [0.2, 0.25) is 10.0 Å². The minimum absolute atomic E-state index is 0.0796. The SMILES string of the molecule is CCS(=O)(=O)N1CCCc2cc(NC(=O)NCCc3ccccc3)ccc21. The van der Waals surface area contributed by atoms with E-state index >= 15 is 0 Å². The molecule has 144 valence electrons. The average Bonchev–Trinajstić information content (AvgIpc) is 2.68. The Hall–Kier alpha value is -2.54. The smallest absolute Gasteiger partial charge is 0.319 e. The van der Waals surface area contributed by atoms with Gasteiger partial charge in [0, 0.05) is 18.8 Å². The summed E-state index contributed by atoms with van der Waals surface area (Å²) < 4.78 is 26.0. The van der Waals surface area contributed by atoms with Crippen LogP contribution in [0.5, 0.6) is 0 Å². The number of benzene rings is 2. The van der Waals surface area contributed by atoms with E-state index in [0.717, 1.165) is 30.5 Å². The minimum atomic E-state index is -3.28. The van der Waals surface area contributed by atoms with Crippen molar-refractivity contribution >= 4 is 27.4 Å². The van der Waals surface area contributed by atoms with Gasteiger partial charge in [0.05, 0.1) is 11.4 Å². The maximum atomic E-state index is 12.3. The molecule has 3 rings (SSSR count). The number of aryl methyl sites for hydroxylation is 1. The molecule has 2 aromatic rings. The van der Waals surface area contributed by atoms with Crippen molar-refractivity contribution in [1.29, 1.82) is 0 Å². The van der Waals surface area contributed by atoms with Gasteiger partial charge in [-0.1, -0.05) is 30.3 Å². The Labute approximate surface area is 160 Å². The molecule has 0 atom stereocenters. The number of urea groups is 1. The number of hydrogen-bond acceptors (Lipinski definition) is 3. The number of nitrogens with zero attached hydrogens (tertiary/aromatic N) is 1. The average molecular weight is 388 g/mol. The van der Waals surface area contributed by atoms with Crippen LogP contribution in [0.15, 0.2) is 48.5 Å². The van der Waals surface area contributed by atoms with E-state index in [1.807, 2.05) is 36.4 Å². The first kappa shape index (κ1) is 19.2. The third-order valence-corrected chi connectivity index (χ3v) is 6.44. The molecule has 2 amide bonds. The summed E-state index contributed by atoms with van der Waals surface area (Å²) in [6, 6.07) is 15.1. The summed E-state index contributed by atoms with van der Waals surface area (Å²) in [5.41, 5.74) is 3.50. The number of hydrogen-bond donors (Lipinski definition) is 2. The summed E-state index contributed by atoms with van der Waals surface area (Å²) in [4.78, 5) is 12.1. The fourth-order valence-corrected chi connectivity index (χ4v) is 4.42. The summed E-state index contributed by atoms with van der Waals surface area (Å²) in [7, 11) is -3.28. The summed E-state index contributed by atoms with van der Waals surface area (Å²) in [6.07, 6.45) is 2.34. The Morgan fingerprint density at radius 1 is 1.15 bits per heavy atom. The highest BCUT2D eigenvalue weighted by atomic mass is 32.2. The number of carbonyl (C=O) groups excluding carboxylic acids is 1. The quantitative estimate of drug-likeness (QED) is 0.799. The summed E-state index contributed by atoms with van der Waals surface area (Å²) in [5, 5.41) is 5.67. The second-order valence-corrected chi connectivity index (χ2v) is 8.72. The van der Waals surface area contributed by atoms with Gasteiger partial charge in [0.25, 0.3) is 0 Å². The second-order valence-electron chi connectivity index (χ2n) is 6.54. The van der Waals surface area contributed by atoms with E-state index in [2.05, 4.69) is 10.6 Å². The van der Waals surface area contributed by atoms with Crippen molar-refractivity contribution < 1.29 is 13.2 Å². The van der Waals surface area contributed by atoms with E-state index in [4.69, 9.17) is 0 Å². The molecular formula is C20H25N3O3S. The third-order valence-electron chi connectivity index (χ3n) is 4.66. The zero-order chi connectivity index (χ0) is 19.3. The maximum absolute atomic E-state index is 12.3. The number of anilines is 2. The molecule has 2 aromatic carbocycles. The third kappa shape index (κ3) is 4.80. The number of amides is 2. The van der Waals surface area contributed by atoms with Gasteiger partial charge < -0.3 is 10.6 Å². The van der Waals surface area contributed by atoms with Crippen molar-refractivity contribution in [2.24, 2.45) is 0 Å². The van der Waals surface area contributed by atoms with Crippen molar-refractivity contribution in [3.63, 3.8) is 0 Å². The molecule has 0 saturated heterocycles. The first-order valence-corrected chi connectivity index (χ1v) is 10.8. The van der Waals surface area contributed by atoms with Crippen LogP contribution >= 0.6 is 0 Å². The van der Waals surface area contributed by atoms with Gasteiger partial charge in [-0.3, -0.25) is 4.31 Å². The fourth-order valence-electron chi connectivity index (χ4n) is 3.23. The largest absolute Gasteiger partial charge is 0.338 e. The number of fused-ring (bicyclic) bond motifs is 1. The highest BCUT2D eigenvalue weighted by Crippen LogP contribution is 2.31. The molecule has 1 aliphatic heterocycles. The lowest BCUT2D eigenvalue weighted by atomic mass is 10.0. The highest BCUT2D eigenvalue weighted by Gasteiger charge is 2.26. The Bertz CT molecular complexity index is 898. The first-order valence-electron chi connectivity index (χ1n) is 9.22. The van der Waals surface area contributed by atoms with Crippen LogP contribution in [0.25, 0.3) is 0 Å². The van der Waals surface area contributed by atoms with Gasteiger partial charge >= 0.3 is 6.03 Å². The topological polar surface area (TPSA) is 78.5 Å². The molecule has 0 radical (unpaired) electrons. The molecule has 0 saturated carbocycles. The summed E-state index contributed by atoms with van der Waals surface area (Å²) >= 11 is 0. The summed E-state index contributed by atoms with van der Waals surface area (Å²) in [5.74, 6) is 0.0796. The van der Waals surface area contributed by atoms with Crippen molar-refractivity contribution in [3.8, 4) is 0 Å². The molecule has 7 heteroatoms. The zero-order valence-electron chi connectivity index (χ0n) is 15.4. The van der Waals surface area contributed by atoms with E-state index in [9.17, 15) is 13.2 Å². The predicted octanol–water partition coefficient (Wildman–Crippen LogP) is 3.15. The molecule has 1 heterocycles. The van der Waals surface area contributed by atoms with Crippen LogP contribution in [0.2, 0.25) is 0 Å². The lowest BCUT2D eigenvalue weighted by molar-refractivity contribution is 0.252. The van der Waals surface area contributed by atoms with Crippen molar-refractivity contribution in [2.45, 2.75) is 26.2 Å². The molecular weight excluding hydrogens is 362 g/mol. The molecule has 0 aromatic heterocycles. The van der Waals surface area contributed by atoms with Gasteiger partial charge in [0.1, 0.15) is 0 Å². The van der Waals surface area contributed by atoms with Crippen molar-refractivity contribution in [2.75, 3.05) is 28.5 Å². The zero-order valence-corrected chi connectivity index (χ0v) is 16.3. The molecule has 0 spiro atoms. The lowest BCUT2D eigenvalue weighted by Gasteiger charge is -2.30. The van der Waals surface area contributed by atoms with Crippen LogP contribution < -0.4 is 14.9 Å². The second kappa shape index (κ2) is 8.43. The Morgan fingerprint density at radius 2 is 1.93 bits per heavy atom. The molecule has 0 fully saturated rings. The standard InChI is InChI=1S/C20H25N3O3S/c1-2-27(25,26)23-14-6-9-17-15-18(10-11-19(17)23)22-20(24)21-13-12-16-7-4-3-5-8-16/h3-5,7-8,10-11,15H,2,6,9,12-14H2,1H3,(H2,21,22,24). The highest BCUT2D eigenvalue weighted by molar-refractivity contribution is 7.92. The molecule has 1 aliphatic rings. The van der Waals surface area contributed by atoms with Crippen LogP contribution in [-0.2, 0) is 22.9 Å². The summed E-state index contributed by atoms with van der Waals surface area (Å²) in [6.45, 7) is 2.71. The number of sulfonamides is 1. The van der Waals surface area contributed by atoms with Crippen molar-refractivity contribution in [1.82, 2.24) is 5.32 Å². The molecule has 6 nitrogen and oxygen atoms in total. The number of carbonyl (C=O) groups is 1. The van der Waals surface area contributed by atoms with Gasteiger partial charge in [-0.25, -0.2) is 13.2 Å². The monoisotopic (exact) mass is 387 g/mol. The predicted molar refractivity (Wildman–Crippen MR) is 109 cm³/mol. The lowest BCUT2D eigenvalue weighted by Crippen LogP contribution is -2.36. The number of rotatable bonds is 6. The van der Waals surface area contributed by atoms with E-state index in [1.165, 1.54) is 9.87 Å². The van der Waals surface area contributed by atoms with E-state index in [0.29, 0.717) is 18.8 Å². The Kier molecular flexibility index (Phi) is 6.01. The van der Waals surface area contributed by atoms with Crippen LogP contribution in [0.4, 0.5) is 16.2 Å². The first-order chi connectivity index (χ1) is 13.0. The fraction of sp³-hybridized carbons (Fsp3) is 0.350. The van der Waals surface area contributed by atoms with Crippen LogP contribution in [0.3, 0.4) is 0 Å². The van der Waals surface area contributed by atoms with E-state index in [-0.39, 0.29) is 11.8 Å². The van der Waals surface area contributed by atoms with Crippen LogP contribution in [0.1, 0.15) is 24.5 Å². The molecule has 0 bridgehead atoms. The van der Waals surface area contributed by atoms with Gasteiger partial charge in [0.15, 0.2) is 0 Å². The molecule has 27 heavy (non-hydrogen) atoms. The molecule has 0 unspecified atom stereocenters.